The summed E-state index contributed by atoms with van der Waals surface area (Å²) in [6.07, 6.45) is 1.82. The molecule has 22 heavy (non-hydrogen) atoms. The van der Waals surface area contributed by atoms with Gasteiger partial charge < -0.3 is 10.6 Å². The Bertz CT molecular complexity index is 868. The zero-order valence-corrected chi connectivity index (χ0v) is 13.4. The molecule has 0 amide bonds. The highest BCUT2D eigenvalue weighted by Crippen LogP contribution is 2.48. The molecule has 0 aliphatic carbocycles. The second-order valence-electron chi connectivity index (χ2n) is 5.71. The Morgan fingerprint density at radius 3 is 2.95 bits per heavy atom. The van der Waals surface area contributed by atoms with Crippen LogP contribution in [-0.2, 0) is 6.54 Å². The summed E-state index contributed by atoms with van der Waals surface area (Å²) >= 11 is 1.64. The second-order valence-corrected chi connectivity index (χ2v) is 6.71. The van der Waals surface area contributed by atoms with Crippen LogP contribution in [0.3, 0.4) is 0 Å². The van der Waals surface area contributed by atoms with E-state index in [0.29, 0.717) is 0 Å². The molecule has 0 spiro atoms. The number of nitrogen functional groups attached to an aromatic ring is 1. The van der Waals surface area contributed by atoms with Crippen LogP contribution in [0.15, 0.2) is 40.4 Å². The SMILES string of the molecule is CN(C)CCn1nc2c3c(c(N)ccc31)Sc1ncccc1-2. The van der Waals surface area contributed by atoms with E-state index in [-0.39, 0.29) is 0 Å². The number of anilines is 1. The van der Waals surface area contributed by atoms with Gasteiger partial charge in [-0.05, 0) is 38.4 Å². The lowest BCUT2D eigenvalue weighted by atomic mass is 10.1. The first kappa shape index (κ1) is 13.6. The number of nitrogens with two attached hydrogens (primary N) is 1. The molecular formula is C16H17N5S. The fourth-order valence-electron chi connectivity index (χ4n) is 2.77. The Kier molecular flexibility index (Phi) is 3.09. The molecule has 3 heterocycles. The number of pyridine rings is 1. The van der Waals surface area contributed by atoms with Crippen molar-refractivity contribution in [1.82, 2.24) is 19.7 Å². The van der Waals surface area contributed by atoms with Crippen LogP contribution in [0.4, 0.5) is 5.69 Å². The molecule has 2 N–H and O–H groups in total. The third kappa shape index (κ3) is 1.99. The van der Waals surface area contributed by atoms with Gasteiger partial charge in [0.25, 0.3) is 0 Å². The molecule has 0 saturated carbocycles. The lowest BCUT2D eigenvalue weighted by Gasteiger charge is -2.15. The van der Waals surface area contributed by atoms with Crippen molar-refractivity contribution in [3.8, 4) is 11.3 Å². The van der Waals surface area contributed by atoms with Crippen molar-refractivity contribution in [2.24, 2.45) is 0 Å². The summed E-state index contributed by atoms with van der Waals surface area (Å²) < 4.78 is 2.08. The van der Waals surface area contributed by atoms with Gasteiger partial charge in [-0.3, -0.25) is 4.68 Å². The van der Waals surface area contributed by atoms with E-state index in [1.54, 1.807) is 11.8 Å². The maximum atomic E-state index is 6.19. The number of hydrogen-bond acceptors (Lipinski definition) is 5. The number of rotatable bonds is 3. The monoisotopic (exact) mass is 311 g/mol. The molecule has 0 bridgehead atoms. The molecule has 0 unspecified atom stereocenters. The Morgan fingerprint density at radius 1 is 1.27 bits per heavy atom. The summed E-state index contributed by atoms with van der Waals surface area (Å²) in [7, 11) is 4.15. The van der Waals surface area contributed by atoms with Gasteiger partial charge in [-0.25, -0.2) is 4.98 Å². The highest BCUT2D eigenvalue weighted by molar-refractivity contribution is 7.99. The van der Waals surface area contributed by atoms with Crippen molar-refractivity contribution in [1.29, 1.82) is 0 Å². The van der Waals surface area contributed by atoms with Crippen molar-refractivity contribution in [3.05, 3.63) is 30.5 Å². The number of likely N-dealkylation sites (N-methyl/N-ethyl adjacent to an activating group) is 1. The van der Waals surface area contributed by atoms with Crippen LogP contribution in [0.5, 0.6) is 0 Å². The molecule has 1 aliphatic rings. The maximum absolute atomic E-state index is 6.19. The average molecular weight is 311 g/mol. The van der Waals surface area contributed by atoms with Crippen LogP contribution in [-0.4, -0.2) is 40.3 Å². The van der Waals surface area contributed by atoms with E-state index in [1.165, 1.54) is 0 Å². The first-order valence-electron chi connectivity index (χ1n) is 7.22. The second kappa shape index (κ2) is 5.00. The summed E-state index contributed by atoms with van der Waals surface area (Å²) in [6, 6.07) is 8.08. The van der Waals surface area contributed by atoms with Crippen molar-refractivity contribution in [2.45, 2.75) is 16.5 Å². The van der Waals surface area contributed by atoms with E-state index < -0.39 is 0 Å². The van der Waals surface area contributed by atoms with Crippen LogP contribution in [0, 0.1) is 0 Å². The molecule has 1 aromatic carbocycles. The Morgan fingerprint density at radius 2 is 2.14 bits per heavy atom. The number of benzene rings is 1. The van der Waals surface area contributed by atoms with E-state index >= 15 is 0 Å². The van der Waals surface area contributed by atoms with E-state index in [4.69, 9.17) is 10.8 Å². The topological polar surface area (TPSA) is 60.0 Å². The maximum Gasteiger partial charge on any atom is 0.110 e. The van der Waals surface area contributed by atoms with Crippen LogP contribution < -0.4 is 5.73 Å². The number of nitrogens with zero attached hydrogens (tertiary/aromatic N) is 4. The molecular weight excluding hydrogens is 294 g/mol. The lowest BCUT2D eigenvalue weighted by molar-refractivity contribution is 0.377. The Labute approximate surface area is 133 Å². The van der Waals surface area contributed by atoms with E-state index in [1.807, 2.05) is 18.3 Å². The predicted molar refractivity (Wildman–Crippen MR) is 90.1 cm³/mol. The first-order valence-corrected chi connectivity index (χ1v) is 8.04. The zero-order chi connectivity index (χ0) is 15.3. The van der Waals surface area contributed by atoms with Crippen LogP contribution in [0.1, 0.15) is 0 Å². The van der Waals surface area contributed by atoms with E-state index in [2.05, 4.69) is 40.8 Å². The van der Waals surface area contributed by atoms with Gasteiger partial charge in [0, 0.05) is 34.3 Å². The Hall–Kier alpha value is -2.05. The fourth-order valence-corrected chi connectivity index (χ4v) is 3.84. The average Bonchev–Trinajstić information content (AvgIpc) is 2.88. The molecule has 112 valence electrons. The molecule has 5 nitrogen and oxygen atoms in total. The molecule has 0 radical (unpaired) electrons. The molecule has 6 heteroatoms. The largest absolute Gasteiger partial charge is 0.398 e. The van der Waals surface area contributed by atoms with Gasteiger partial charge >= 0.3 is 0 Å². The van der Waals surface area contributed by atoms with Gasteiger partial charge in [-0.2, -0.15) is 5.10 Å². The Balaban J connectivity index is 1.97. The standard InChI is InChI=1S/C16H17N5S/c1-20(2)8-9-21-12-6-5-11(17)15-13(12)14(19-21)10-4-3-7-18-16(10)22-15/h3-7H,8-9,17H2,1-2H3. The molecule has 4 rings (SSSR count). The van der Waals surface area contributed by atoms with Crippen molar-refractivity contribution < 1.29 is 0 Å². The minimum atomic E-state index is 0.794. The summed E-state index contributed by atoms with van der Waals surface area (Å²) in [6.45, 7) is 1.80. The van der Waals surface area contributed by atoms with E-state index in [9.17, 15) is 0 Å². The first-order chi connectivity index (χ1) is 10.6. The molecule has 0 atom stereocenters. The van der Waals surface area contributed by atoms with Crippen LogP contribution in [0.2, 0.25) is 0 Å². The lowest BCUT2D eigenvalue weighted by Crippen LogP contribution is -2.18. The third-order valence-corrected chi connectivity index (χ3v) is 5.05. The molecule has 1 aliphatic heterocycles. The zero-order valence-electron chi connectivity index (χ0n) is 12.6. The minimum Gasteiger partial charge on any atom is -0.398 e. The quantitative estimate of drug-likeness (QED) is 0.590. The minimum absolute atomic E-state index is 0.794. The normalized spacial score (nSPS) is 12.9. The van der Waals surface area contributed by atoms with Crippen molar-refractivity contribution >= 4 is 28.4 Å². The van der Waals surface area contributed by atoms with Gasteiger partial charge in [0.05, 0.1) is 12.1 Å². The fraction of sp³-hybridized carbons (Fsp3) is 0.250. The van der Waals surface area contributed by atoms with E-state index in [0.717, 1.165) is 50.9 Å². The van der Waals surface area contributed by atoms with Gasteiger partial charge in [-0.15, -0.1) is 0 Å². The summed E-state index contributed by atoms with van der Waals surface area (Å²) in [5.74, 6) is 0. The third-order valence-electron chi connectivity index (χ3n) is 3.89. The summed E-state index contributed by atoms with van der Waals surface area (Å²) in [5.41, 5.74) is 10.2. The molecule has 2 aromatic heterocycles. The summed E-state index contributed by atoms with van der Waals surface area (Å²) in [4.78, 5) is 7.72. The highest BCUT2D eigenvalue weighted by atomic mass is 32.2. The number of fused-ring (bicyclic) bond motifs is 2. The van der Waals surface area contributed by atoms with Crippen LogP contribution in [0.25, 0.3) is 22.2 Å². The number of hydrogen-bond donors (Lipinski definition) is 1. The van der Waals surface area contributed by atoms with Gasteiger partial charge in [0.15, 0.2) is 0 Å². The molecule has 3 aromatic rings. The highest BCUT2D eigenvalue weighted by Gasteiger charge is 2.25. The smallest absolute Gasteiger partial charge is 0.110 e. The summed E-state index contributed by atoms with van der Waals surface area (Å²) in [5, 5.41) is 6.99. The van der Waals surface area contributed by atoms with Crippen molar-refractivity contribution in [2.75, 3.05) is 26.4 Å². The van der Waals surface area contributed by atoms with Gasteiger partial charge in [0.1, 0.15) is 10.7 Å². The molecule has 0 fully saturated rings. The molecule has 0 saturated heterocycles. The predicted octanol–water partition coefficient (Wildman–Crippen LogP) is 2.71. The van der Waals surface area contributed by atoms with Gasteiger partial charge in [0.2, 0.25) is 0 Å². The van der Waals surface area contributed by atoms with Gasteiger partial charge in [-0.1, -0.05) is 11.8 Å². The van der Waals surface area contributed by atoms with Crippen LogP contribution >= 0.6 is 11.8 Å². The van der Waals surface area contributed by atoms with Crippen molar-refractivity contribution in [3.63, 3.8) is 0 Å². The number of aromatic nitrogens is 3.